The molecule has 1 aromatic heterocycles. The van der Waals surface area contributed by atoms with Gasteiger partial charge in [0.2, 0.25) is 0 Å². The van der Waals surface area contributed by atoms with Crippen LogP contribution in [0, 0.1) is 0 Å². The fourth-order valence-corrected chi connectivity index (χ4v) is 2.73. The average Bonchev–Trinajstić information content (AvgIpc) is 2.66. The summed E-state index contributed by atoms with van der Waals surface area (Å²) >= 11 is 0. The second-order valence-corrected chi connectivity index (χ2v) is 6.01. The van der Waals surface area contributed by atoms with Crippen LogP contribution < -0.4 is 5.32 Å². The number of aromatic nitrogens is 2. The summed E-state index contributed by atoms with van der Waals surface area (Å²) in [6.07, 6.45) is -5.09. The smallest absolute Gasteiger partial charge is 0.389 e. The van der Waals surface area contributed by atoms with Gasteiger partial charge in [0.1, 0.15) is 5.69 Å². The van der Waals surface area contributed by atoms with Gasteiger partial charge in [-0.1, -0.05) is 36.4 Å². The number of aliphatic hydroxyl groups excluding tert-OH is 1. The first kappa shape index (κ1) is 19.1. The molecule has 142 valence electrons. The van der Waals surface area contributed by atoms with Crippen LogP contribution in [0.4, 0.5) is 19.0 Å². The Bertz CT molecular complexity index is 914. The lowest BCUT2D eigenvalue weighted by Crippen LogP contribution is -2.24. The Labute approximate surface area is 153 Å². The molecule has 5 nitrogen and oxygen atoms in total. The third-order valence-electron chi connectivity index (χ3n) is 4.04. The van der Waals surface area contributed by atoms with Crippen molar-refractivity contribution in [2.24, 2.45) is 0 Å². The number of fused-ring (bicyclic) bond motifs is 1. The number of benzene rings is 2. The van der Waals surface area contributed by atoms with Crippen molar-refractivity contribution in [2.45, 2.75) is 12.3 Å². The molecule has 0 radical (unpaired) electrons. The topological polar surface area (TPSA) is 67.3 Å². The first-order valence-electron chi connectivity index (χ1n) is 8.24. The normalized spacial score (nSPS) is 12.9. The number of hydrogen-bond acceptors (Lipinski definition) is 5. The van der Waals surface area contributed by atoms with Crippen molar-refractivity contribution in [3.05, 3.63) is 54.1 Å². The number of hydrogen-bond donors (Lipinski definition) is 2. The SMILES string of the molecule is COCC(O)CNc1nnc(-c2ccc(C(F)(F)F)cc2)c2ccccc12. The molecule has 0 aliphatic rings. The van der Waals surface area contributed by atoms with Gasteiger partial charge in [-0.25, -0.2) is 0 Å². The molecule has 0 fully saturated rings. The third-order valence-corrected chi connectivity index (χ3v) is 4.04. The van der Waals surface area contributed by atoms with Gasteiger partial charge in [-0.05, 0) is 12.1 Å². The van der Waals surface area contributed by atoms with Gasteiger partial charge in [-0.3, -0.25) is 0 Å². The van der Waals surface area contributed by atoms with E-state index in [1.54, 1.807) is 0 Å². The van der Waals surface area contributed by atoms with Crippen LogP contribution >= 0.6 is 0 Å². The first-order valence-corrected chi connectivity index (χ1v) is 8.24. The highest BCUT2D eigenvalue weighted by Gasteiger charge is 2.30. The molecule has 27 heavy (non-hydrogen) atoms. The summed E-state index contributed by atoms with van der Waals surface area (Å²) < 4.78 is 43.2. The average molecular weight is 377 g/mol. The molecule has 0 saturated heterocycles. The number of nitrogens with one attached hydrogen (secondary N) is 1. The maximum absolute atomic E-state index is 12.8. The van der Waals surface area contributed by atoms with Gasteiger partial charge >= 0.3 is 6.18 Å². The largest absolute Gasteiger partial charge is 0.416 e. The van der Waals surface area contributed by atoms with E-state index in [-0.39, 0.29) is 13.2 Å². The summed E-state index contributed by atoms with van der Waals surface area (Å²) in [5, 5.41) is 22.6. The Morgan fingerprint density at radius 3 is 2.33 bits per heavy atom. The van der Waals surface area contributed by atoms with E-state index in [9.17, 15) is 18.3 Å². The number of aliphatic hydroxyl groups is 1. The highest BCUT2D eigenvalue weighted by Crippen LogP contribution is 2.33. The molecule has 1 atom stereocenters. The Kier molecular flexibility index (Phi) is 5.57. The summed E-state index contributed by atoms with van der Waals surface area (Å²) in [4.78, 5) is 0. The molecule has 0 bridgehead atoms. The summed E-state index contributed by atoms with van der Waals surface area (Å²) in [5.74, 6) is 0.483. The molecule has 8 heteroatoms. The molecular weight excluding hydrogens is 359 g/mol. The lowest BCUT2D eigenvalue weighted by molar-refractivity contribution is -0.137. The monoisotopic (exact) mass is 377 g/mol. The molecule has 0 aliphatic carbocycles. The predicted octanol–water partition coefficient (Wildman–Crippen LogP) is 3.73. The Morgan fingerprint density at radius 2 is 1.70 bits per heavy atom. The van der Waals surface area contributed by atoms with Gasteiger partial charge in [0.05, 0.1) is 18.3 Å². The molecule has 0 spiro atoms. The van der Waals surface area contributed by atoms with Gasteiger partial charge in [0.15, 0.2) is 5.82 Å². The highest BCUT2D eigenvalue weighted by atomic mass is 19.4. The zero-order chi connectivity index (χ0) is 19.4. The van der Waals surface area contributed by atoms with E-state index in [1.807, 2.05) is 24.3 Å². The van der Waals surface area contributed by atoms with Crippen LogP contribution in [-0.4, -0.2) is 41.7 Å². The Morgan fingerprint density at radius 1 is 1.04 bits per heavy atom. The van der Waals surface area contributed by atoms with E-state index in [4.69, 9.17) is 4.74 Å². The van der Waals surface area contributed by atoms with E-state index < -0.39 is 17.8 Å². The van der Waals surface area contributed by atoms with Crippen molar-refractivity contribution in [3.8, 4) is 11.3 Å². The standard InChI is InChI=1S/C19H18F3N3O2/c1-27-11-14(26)10-23-18-16-5-3-2-4-15(16)17(24-25-18)12-6-8-13(9-7-12)19(20,21)22/h2-9,14,26H,10-11H2,1H3,(H,23,25). The molecular formula is C19H18F3N3O2. The van der Waals surface area contributed by atoms with E-state index in [0.29, 0.717) is 17.1 Å². The molecule has 3 rings (SSSR count). The summed E-state index contributed by atoms with van der Waals surface area (Å²) in [7, 11) is 1.50. The molecule has 2 aromatic carbocycles. The van der Waals surface area contributed by atoms with Crippen LogP contribution in [-0.2, 0) is 10.9 Å². The summed E-state index contributed by atoms with van der Waals surface area (Å²) in [6.45, 7) is 0.411. The molecule has 0 aliphatic heterocycles. The number of anilines is 1. The van der Waals surface area contributed by atoms with E-state index in [1.165, 1.54) is 19.2 Å². The molecule has 0 saturated carbocycles. The van der Waals surface area contributed by atoms with Crippen molar-refractivity contribution < 1.29 is 23.0 Å². The number of alkyl halides is 3. The quantitative estimate of drug-likeness (QED) is 0.685. The van der Waals surface area contributed by atoms with Gasteiger partial charge in [0, 0.05) is 30.0 Å². The molecule has 0 amide bonds. The van der Waals surface area contributed by atoms with Gasteiger partial charge in [0.25, 0.3) is 0 Å². The number of nitrogens with zero attached hydrogens (tertiary/aromatic N) is 2. The van der Waals surface area contributed by atoms with E-state index in [2.05, 4.69) is 15.5 Å². The highest BCUT2D eigenvalue weighted by molar-refractivity contribution is 6.00. The first-order chi connectivity index (χ1) is 12.9. The Hall–Kier alpha value is -2.71. The van der Waals surface area contributed by atoms with Gasteiger partial charge in [-0.15, -0.1) is 10.2 Å². The number of rotatable bonds is 6. The minimum Gasteiger partial charge on any atom is -0.389 e. The van der Waals surface area contributed by atoms with Crippen molar-refractivity contribution in [2.75, 3.05) is 25.6 Å². The third kappa shape index (κ3) is 4.35. The lowest BCUT2D eigenvalue weighted by atomic mass is 10.0. The minimum atomic E-state index is -4.39. The maximum Gasteiger partial charge on any atom is 0.416 e. The maximum atomic E-state index is 12.8. The van der Waals surface area contributed by atoms with Gasteiger partial charge < -0.3 is 15.2 Å². The van der Waals surface area contributed by atoms with E-state index in [0.717, 1.165) is 22.9 Å². The minimum absolute atomic E-state index is 0.183. The van der Waals surface area contributed by atoms with E-state index >= 15 is 0 Å². The van der Waals surface area contributed by atoms with Crippen LogP contribution in [0.1, 0.15) is 5.56 Å². The number of halogens is 3. The fraction of sp³-hybridized carbons (Fsp3) is 0.263. The van der Waals surface area contributed by atoms with Crippen LogP contribution in [0.15, 0.2) is 48.5 Å². The van der Waals surface area contributed by atoms with Crippen molar-refractivity contribution in [3.63, 3.8) is 0 Å². The zero-order valence-corrected chi connectivity index (χ0v) is 14.5. The zero-order valence-electron chi connectivity index (χ0n) is 14.5. The predicted molar refractivity (Wildman–Crippen MR) is 96.3 cm³/mol. The van der Waals surface area contributed by atoms with Crippen molar-refractivity contribution in [1.82, 2.24) is 10.2 Å². The van der Waals surface area contributed by atoms with Crippen molar-refractivity contribution >= 4 is 16.6 Å². The van der Waals surface area contributed by atoms with Crippen LogP contribution in [0.25, 0.3) is 22.0 Å². The van der Waals surface area contributed by atoms with Crippen LogP contribution in [0.2, 0.25) is 0 Å². The molecule has 1 heterocycles. The van der Waals surface area contributed by atoms with Crippen LogP contribution in [0.3, 0.4) is 0 Å². The number of ether oxygens (including phenoxy) is 1. The second-order valence-electron chi connectivity index (χ2n) is 6.01. The second kappa shape index (κ2) is 7.89. The van der Waals surface area contributed by atoms with Crippen molar-refractivity contribution in [1.29, 1.82) is 0 Å². The van der Waals surface area contributed by atoms with Crippen LogP contribution in [0.5, 0.6) is 0 Å². The molecule has 1 unspecified atom stereocenters. The summed E-state index contributed by atoms with van der Waals surface area (Å²) in [6, 6.07) is 12.1. The molecule has 3 aromatic rings. The lowest BCUT2D eigenvalue weighted by Gasteiger charge is -2.14. The Balaban J connectivity index is 1.95. The van der Waals surface area contributed by atoms with Gasteiger partial charge in [-0.2, -0.15) is 13.2 Å². The molecule has 2 N–H and O–H groups in total. The number of methoxy groups -OCH3 is 1. The fourth-order valence-electron chi connectivity index (χ4n) is 2.73. The summed E-state index contributed by atoms with van der Waals surface area (Å²) in [5.41, 5.74) is 0.314.